The molecule has 0 unspecified atom stereocenters. The van der Waals surface area contributed by atoms with Gasteiger partial charge in [-0.15, -0.1) is 0 Å². The smallest absolute Gasteiger partial charge is 0.254 e. The number of aliphatic hydroxyl groups excluding tert-OH is 1. The Hall–Kier alpha value is -1.06. The molecule has 0 saturated heterocycles. The predicted molar refractivity (Wildman–Crippen MR) is 78.7 cm³/mol. The van der Waals surface area contributed by atoms with Crippen LogP contribution < -0.4 is 0 Å². The number of benzene rings is 1. The molecule has 0 aliphatic heterocycles. The van der Waals surface area contributed by atoms with E-state index >= 15 is 0 Å². The molecule has 3 nitrogen and oxygen atoms in total. The Morgan fingerprint density at radius 2 is 2.00 bits per heavy atom. The Bertz CT molecular complexity index is 430. The van der Waals surface area contributed by atoms with Crippen LogP contribution in [-0.2, 0) is 0 Å². The summed E-state index contributed by atoms with van der Waals surface area (Å²) in [4.78, 5) is 14.4. The molecule has 1 N–H and O–H groups in total. The van der Waals surface area contributed by atoms with Crippen molar-refractivity contribution >= 4 is 17.5 Å². The molecule has 1 rings (SSSR count). The van der Waals surface area contributed by atoms with Crippen LogP contribution in [0.1, 0.15) is 42.6 Å². The number of halogens is 1. The highest BCUT2D eigenvalue weighted by Crippen LogP contribution is 2.19. The molecule has 0 atom stereocenters. The van der Waals surface area contributed by atoms with Crippen molar-refractivity contribution in [3.63, 3.8) is 0 Å². The maximum Gasteiger partial charge on any atom is 0.254 e. The minimum atomic E-state index is -0.0306. The molecule has 0 radical (unpaired) electrons. The number of hydrogen-bond donors (Lipinski definition) is 1. The number of nitrogens with zero attached hydrogens (tertiary/aromatic N) is 1. The molecule has 0 aliphatic carbocycles. The Labute approximate surface area is 120 Å². The van der Waals surface area contributed by atoms with Crippen molar-refractivity contribution < 1.29 is 9.90 Å². The average molecular weight is 284 g/mol. The van der Waals surface area contributed by atoms with Crippen molar-refractivity contribution in [3.05, 3.63) is 34.3 Å². The van der Waals surface area contributed by atoms with Crippen molar-refractivity contribution in [1.29, 1.82) is 0 Å². The average Bonchev–Trinajstić information content (AvgIpc) is 2.38. The normalized spacial score (nSPS) is 10.8. The fraction of sp³-hybridized carbons (Fsp3) is 0.533. The molecular weight excluding hydrogens is 262 g/mol. The largest absolute Gasteiger partial charge is 0.395 e. The van der Waals surface area contributed by atoms with E-state index in [0.29, 0.717) is 17.1 Å². The number of carbonyl (C=O) groups excluding carboxylic acids is 1. The first-order valence-electron chi connectivity index (χ1n) is 6.73. The van der Waals surface area contributed by atoms with E-state index < -0.39 is 0 Å². The van der Waals surface area contributed by atoms with E-state index in [1.165, 1.54) is 0 Å². The molecule has 0 heterocycles. The van der Waals surface area contributed by atoms with Gasteiger partial charge in [-0.1, -0.05) is 25.4 Å². The maximum absolute atomic E-state index is 12.6. The first-order chi connectivity index (χ1) is 9.04. The molecule has 1 aromatic rings. The highest BCUT2D eigenvalue weighted by Gasteiger charge is 2.23. The SMILES string of the molecule is CCC(CC)N(CCO)C(=O)c1ccc(Cl)cc1C. The van der Waals surface area contributed by atoms with Crippen molar-refractivity contribution in [2.24, 2.45) is 0 Å². The third-order valence-electron chi connectivity index (χ3n) is 3.40. The van der Waals surface area contributed by atoms with Crippen LogP contribution >= 0.6 is 11.6 Å². The van der Waals surface area contributed by atoms with Crippen molar-refractivity contribution in [3.8, 4) is 0 Å². The molecule has 0 aromatic heterocycles. The van der Waals surface area contributed by atoms with Gasteiger partial charge in [-0.2, -0.15) is 0 Å². The lowest BCUT2D eigenvalue weighted by Gasteiger charge is -2.30. The zero-order valence-corrected chi connectivity index (χ0v) is 12.6. The number of aliphatic hydroxyl groups is 1. The van der Waals surface area contributed by atoms with Crippen LogP contribution in [0.3, 0.4) is 0 Å². The molecular formula is C15H22ClNO2. The molecule has 106 valence electrons. The van der Waals surface area contributed by atoms with Gasteiger partial charge in [-0.3, -0.25) is 4.79 Å². The summed E-state index contributed by atoms with van der Waals surface area (Å²) in [7, 11) is 0. The van der Waals surface area contributed by atoms with E-state index in [-0.39, 0.29) is 18.6 Å². The summed E-state index contributed by atoms with van der Waals surface area (Å²) in [6, 6.07) is 5.44. The van der Waals surface area contributed by atoms with Gasteiger partial charge in [-0.25, -0.2) is 0 Å². The summed E-state index contributed by atoms with van der Waals surface area (Å²) < 4.78 is 0. The summed E-state index contributed by atoms with van der Waals surface area (Å²) in [6.07, 6.45) is 1.77. The minimum Gasteiger partial charge on any atom is -0.395 e. The summed E-state index contributed by atoms with van der Waals surface area (Å²) in [6.45, 7) is 6.34. The summed E-state index contributed by atoms with van der Waals surface area (Å²) >= 11 is 5.91. The quantitative estimate of drug-likeness (QED) is 0.870. The third kappa shape index (κ3) is 3.95. The Balaban J connectivity index is 3.04. The van der Waals surface area contributed by atoms with Gasteiger partial charge in [0.25, 0.3) is 5.91 Å². The number of aryl methyl sites for hydroxylation is 1. The second-order valence-electron chi connectivity index (χ2n) is 4.65. The van der Waals surface area contributed by atoms with E-state index in [1.807, 2.05) is 6.92 Å². The van der Waals surface area contributed by atoms with Gasteiger partial charge in [-0.05, 0) is 43.5 Å². The first kappa shape index (κ1) is 16.0. The highest BCUT2D eigenvalue weighted by atomic mass is 35.5. The van der Waals surface area contributed by atoms with Crippen LogP contribution in [0.5, 0.6) is 0 Å². The summed E-state index contributed by atoms with van der Waals surface area (Å²) in [5.41, 5.74) is 1.52. The topological polar surface area (TPSA) is 40.5 Å². The lowest BCUT2D eigenvalue weighted by atomic mass is 10.0. The Morgan fingerprint density at radius 3 is 2.47 bits per heavy atom. The molecule has 0 aliphatic rings. The number of hydrogen-bond acceptors (Lipinski definition) is 2. The van der Waals surface area contributed by atoms with E-state index in [0.717, 1.165) is 18.4 Å². The standard InChI is InChI=1S/C15H22ClNO2/c1-4-13(5-2)17(8-9-18)15(19)14-7-6-12(16)10-11(14)3/h6-7,10,13,18H,4-5,8-9H2,1-3H3. The zero-order valence-electron chi connectivity index (χ0n) is 11.8. The van der Waals surface area contributed by atoms with E-state index in [2.05, 4.69) is 13.8 Å². The van der Waals surface area contributed by atoms with Crippen molar-refractivity contribution in [2.75, 3.05) is 13.2 Å². The number of rotatable bonds is 6. The van der Waals surface area contributed by atoms with E-state index in [9.17, 15) is 9.90 Å². The van der Waals surface area contributed by atoms with E-state index in [4.69, 9.17) is 11.6 Å². The van der Waals surface area contributed by atoms with Crippen LogP contribution in [-0.4, -0.2) is 35.1 Å². The van der Waals surface area contributed by atoms with Gasteiger partial charge < -0.3 is 10.0 Å². The Morgan fingerprint density at radius 1 is 1.37 bits per heavy atom. The highest BCUT2D eigenvalue weighted by molar-refractivity contribution is 6.30. The fourth-order valence-corrected chi connectivity index (χ4v) is 2.54. The lowest BCUT2D eigenvalue weighted by molar-refractivity contribution is 0.0621. The van der Waals surface area contributed by atoms with Gasteiger partial charge in [0.1, 0.15) is 0 Å². The zero-order chi connectivity index (χ0) is 14.4. The van der Waals surface area contributed by atoms with Gasteiger partial charge in [0, 0.05) is 23.2 Å². The van der Waals surface area contributed by atoms with Crippen molar-refractivity contribution in [1.82, 2.24) is 4.90 Å². The third-order valence-corrected chi connectivity index (χ3v) is 3.64. The molecule has 0 spiro atoms. The maximum atomic E-state index is 12.6. The molecule has 0 bridgehead atoms. The molecule has 19 heavy (non-hydrogen) atoms. The molecule has 1 aromatic carbocycles. The minimum absolute atomic E-state index is 0.0190. The molecule has 0 saturated carbocycles. The predicted octanol–water partition coefficient (Wildman–Crippen LogP) is 3.27. The van der Waals surface area contributed by atoms with Crippen LogP contribution in [0.25, 0.3) is 0 Å². The number of carbonyl (C=O) groups is 1. The van der Waals surface area contributed by atoms with Gasteiger partial charge in [0.15, 0.2) is 0 Å². The molecule has 4 heteroatoms. The van der Waals surface area contributed by atoms with Crippen LogP contribution in [0.4, 0.5) is 0 Å². The molecule has 1 amide bonds. The van der Waals surface area contributed by atoms with Crippen LogP contribution in [0.2, 0.25) is 5.02 Å². The monoisotopic (exact) mass is 283 g/mol. The van der Waals surface area contributed by atoms with Gasteiger partial charge >= 0.3 is 0 Å². The first-order valence-corrected chi connectivity index (χ1v) is 7.10. The summed E-state index contributed by atoms with van der Waals surface area (Å²) in [5, 5.41) is 9.80. The fourth-order valence-electron chi connectivity index (χ4n) is 2.31. The number of amides is 1. The van der Waals surface area contributed by atoms with Crippen LogP contribution in [0, 0.1) is 6.92 Å². The Kier molecular flexibility index (Phi) is 6.32. The summed E-state index contributed by atoms with van der Waals surface area (Å²) in [5.74, 6) is -0.0306. The van der Waals surface area contributed by atoms with Gasteiger partial charge in [0.2, 0.25) is 0 Å². The van der Waals surface area contributed by atoms with E-state index in [1.54, 1.807) is 23.1 Å². The van der Waals surface area contributed by atoms with Crippen LogP contribution in [0.15, 0.2) is 18.2 Å². The lowest BCUT2D eigenvalue weighted by Crippen LogP contribution is -2.41. The molecule has 0 fully saturated rings. The van der Waals surface area contributed by atoms with Crippen molar-refractivity contribution in [2.45, 2.75) is 39.7 Å². The second kappa shape index (κ2) is 7.51. The van der Waals surface area contributed by atoms with Gasteiger partial charge in [0.05, 0.1) is 6.61 Å². The second-order valence-corrected chi connectivity index (χ2v) is 5.09.